The molecule has 1 unspecified atom stereocenters. The zero-order valence-corrected chi connectivity index (χ0v) is 14.8. The van der Waals surface area contributed by atoms with Gasteiger partial charge in [0.15, 0.2) is 5.78 Å². The van der Waals surface area contributed by atoms with Gasteiger partial charge in [-0.1, -0.05) is 30.3 Å². The number of ether oxygens (including phenoxy) is 1. The third kappa shape index (κ3) is 4.88. The Bertz CT molecular complexity index is 810. The first-order valence-electron chi connectivity index (χ1n) is 7.71. The Labute approximate surface area is 147 Å². The van der Waals surface area contributed by atoms with Crippen molar-refractivity contribution in [3.05, 3.63) is 60.2 Å². The van der Waals surface area contributed by atoms with Crippen molar-refractivity contribution >= 4 is 15.9 Å². The summed E-state index contributed by atoms with van der Waals surface area (Å²) in [7, 11) is -4.11. The molecule has 0 aliphatic rings. The molecule has 0 aliphatic carbocycles. The molecule has 0 fully saturated rings. The molecule has 6 nitrogen and oxygen atoms in total. The van der Waals surface area contributed by atoms with E-state index < -0.39 is 28.1 Å². The van der Waals surface area contributed by atoms with Gasteiger partial charge in [-0.2, -0.15) is 8.42 Å². The van der Waals surface area contributed by atoms with Crippen LogP contribution < -0.4 is 4.74 Å². The van der Waals surface area contributed by atoms with Crippen molar-refractivity contribution in [2.45, 2.75) is 24.3 Å². The second-order valence-corrected chi connectivity index (χ2v) is 7.21. The lowest BCUT2D eigenvalue weighted by molar-refractivity contribution is 0.0175. The number of hydrogen-bond acceptors (Lipinski definition) is 6. The van der Waals surface area contributed by atoms with Crippen LogP contribution in [0.5, 0.6) is 5.75 Å². The fourth-order valence-corrected chi connectivity index (χ4v) is 3.09. The molecule has 2 aromatic rings. The standard InChI is InChI=1S/C18H20O6S/c1-3-23-15-9-11-16(12-10-15)25(21,22)24-13-18(2,20)17(19)14-7-5-4-6-8-14/h4-12,20H,3,13H2,1-2H3. The van der Waals surface area contributed by atoms with Crippen LogP contribution >= 0.6 is 0 Å². The number of benzene rings is 2. The average molecular weight is 364 g/mol. The number of Topliss-reactive ketones (excluding diaryl/α,β-unsaturated/α-hetero) is 1. The number of aliphatic hydroxyl groups is 1. The molecule has 0 radical (unpaired) electrons. The van der Waals surface area contributed by atoms with Gasteiger partial charge < -0.3 is 9.84 Å². The molecule has 25 heavy (non-hydrogen) atoms. The molecule has 1 N–H and O–H groups in total. The number of ketones is 1. The molecule has 1 atom stereocenters. The number of rotatable bonds is 8. The van der Waals surface area contributed by atoms with Gasteiger partial charge >= 0.3 is 0 Å². The lowest BCUT2D eigenvalue weighted by Gasteiger charge is -2.21. The smallest absolute Gasteiger partial charge is 0.297 e. The van der Waals surface area contributed by atoms with Gasteiger partial charge in [0, 0.05) is 5.56 Å². The van der Waals surface area contributed by atoms with Gasteiger partial charge in [-0.3, -0.25) is 8.98 Å². The molecule has 0 amide bonds. The van der Waals surface area contributed by atoms with E-state index in [9.17, 15) is 18.3 Å². The van der Waals surface area contributed by atoms with E-state index >= 15 is 0 Å². The van der Waals surface area contributed by atoms with Crippen molar-refractivity contribution < 1.29 is 27.2 Å². The fourth-order valence-electron chi connectivity index (χ4n) is 2.10. The van der Waals surface area contributed by atoms with E-state index in [1.165, 1.54) is 43.3 Å². The predicted molar refractivity (Wildman–Crippen MR) is 92.1 cm³/mol. The Balaban J connectivity index is 2.08. The molecule has 7 heteroatoms. The van der Waals surface area contributed by atoms with Crippen molar-refractivity contribution in [3.63, 3.8) is 0 Å². The molecule has 0 aliphatic heterocycles. The monoisotopic (exact) mass is 364 g/mol. The van der Waals surface area contributed by atoms with Gasteiger partial charge in [0.05, 0.1) is 11.5 Å². The van der Waals surface area contributed by atoms with E-state index in [2.05, 4.69) is 0 Å². The summed E-state index contributed by atoms with van der Waals surface area (Å²) in [4.78, 5) is 12.2. The summed E-state index contributed by atoms with van der Waals surface area (Å²) >= 11 is 0. The fraction of sp³-hybridized carbons (Fsp3) is 0.278. The van der Waals surface area contributed by atoms with Crippen LogP contribution in [0.15, 0.2) is 59.5 Å². The van der Waals surface area contributed by atoms with Gasteiger partial charge in [0.2, 0.25) is 0 Å². The molecule has 0 bridgehead atoms. The zero-order chi connectivity index (χ0) is 18.5. The highest BCUT2D eigenvalue weighted by atomic mass is 32.2. The van der Waals surface area contributed by atoms with Crippen LogP contribution in [0, 0.1) is 0 Å². The number of carbonyl (C=O) groups is 1. The first-order chi connectivity index (χ1) is 11.8. The molecule has 0 aromatic heterocycles. The van der Waals surface area contributed by atoms with Gasteiger partial charge in [0.25, 0.3) is 10.1 Å². The van der Waals surface area contributed by atoms with Crippen molar-refractivity contribution in [2.24, 2.45) is 0 Å². The minimum Gasteiger partial charge on any atom is -0.494 e. The molecular weight excluding hydrogens is 344 g/mol. The predicted octanol–water partition coefficient (Wildman–Crippen LogP) is 2.42. The minimum absolute atomic E-state index is 0.0843. The van der Waals surface area contributed by atoms with E-state index in [1.807, 2.05) is 6.92 Å². The highest BCUT2D eigenvalue weighted by Gasteiger charge is 2.34. The van der Waals surface area contributed by atoms with Crippen LogP contribution in [0.3, 0.4) is 0 Å². The maximum absolute atomic E-state index is 12.3. The van der Waals surface area contributed by atoms with E-state index in [1.54, 1.807) is 18.2 Å². The molecule has 0 heterocycles. The molecule has 134 valence electrons. The third-order valence-electron chi connectivity index (χ3n) is 3.44. The lowest BCUT2D eigenvalue weighted by Crippen LogP contribution is -2.40. The second-order valence-electron chi connectivity index (χ2n) is 5.59. The van der Waals surface area contributed by atoms with Crippen LogP contribution in [0.2, 0.25) is 0 Å². The first kappa shape index (κ1) is 19.1. The quantitative estimate of drug-likeness (QED) is 0.571. The highest BCUT2D eigenvalue weighted by molar-refractivity contribution is 7.86. The molecule has 2 rings (SSSR count). The Kier molecular flexibility index (Phi) is 5.94. The van der Waals surface area contributed by atoms with Crippen molar-refractivity contribution in [1.29, 1.82) is 0 Å². The molecule has 0 saturated carbocycles. The number of hydrogen-bond donors (Lipinski definition) is 1. The van der Waals surface area contributed by atoms with Gasteiger partial charge in [-0.05, 0) is 38.1 Å². The van der Waals surface area contributed by atoms with Crippen LogP contribution in [-0.2, 0) is 14.3 Å². The summed E-state index contributed by atoms with van der Waals surface area (Å²) in [6.45, 7) is 2.82. The normalized spacial score (nSPS) is 13.9. The largest absolute Gasteiger partial charge is 0.494 e. The van der Waals surface area contributed by atoms with E-state index in [4.69, 9.17) is 8.92 Å². The Morgan fingerprint density at radius 2 is 1.68 bits per heavy atom. The van der Waals surface area contributed by atoms with Crippen molar-refractivity contribution in [2.75, 3.05) is 13.2 Å². The number of carbonyl (C=O) groups excluding carboxylic acids is 1. The second kappa shape index (κ2) is 7.77. The van der Waals surface area contributed by atoms with Gasteiger partial charge in [0.1, 0.15) is 18.0 Å². The van der Waals surface area contributed by atoms with Crippen LogP contribution in [-0.4, -0.2) is 38.1 Å². The Hall–Kier alpha value is -2.22. The maximum Gasteiger partial charge on any atom is 0.297 e. The molecule has 2 aromatic carbocycles. The summed E-state index contributed by atoms with van der Waals surface area (Å²) in [6, 6.07) is 13.8. The topological polar surface area (TPSA) is 89.9 Å². The van der Waals surface area contributed by atoms with Crippen LogP contribution in [0.4, 0.5) is 0 Å². The van der Waals surface area contributed by atoms with Gasteiger partial charge in [-0.15, -0.1) is 0 Å². The summed E-state index contributed by atoms with van der Waals surface area (Å²) < 4.78 is 34.6. The minimum atomic E-state index is -4.11. The Morgan fingerprint density at radius 1 is 1.08 bits per heavy atom. The maximum atomic E-state index is 12.3. The van der Waals surface area contributed by atoms with Crippen molar-refractivity contribution in [3.8, 4) is 5.75 Å². The van der Waals surface area contributed by atoms with E-state index in [-0.39, 0.29) is 10.5 Å². The highest BCUT2D eigenvalue weighted by Crippen LogP contribution is 2.20. The van der Waals surface area contributed by atoms with E-state index in [0.717, 1.165) is 0 Å². The first-order valence-corrected chi connectivity index (χ1v) is 9.11. The summed E-state index contributed by atoms with van der Waals surface area (Å²) in [5, 5.41) is 10.3. The summed E-state index contributed by atoms with van der Waals surface area (Å²) in [5.74, 6) is -0.0808. The molecule has 0 saturated heterocycles. The lowest BCUT2D eigenvalue weighted by atomic mass is 9.96. The zero-order valence-electron chi connectivity index (χ0n) is 14.0. The van der Waals surface area contributed by atoms with Gasteiger partial charge in [-0.25, -0.2) is 0 Å². The summed E-state index contributed by atoms with van der Waals surface area (Å²) in [6.07, 6.45) is 0. The average Bonchev–Trinajstić information content (AvgIpc) is 2.61. The third-order valence-corrected chi connectivity index (χ3v) is 4.72. The Morgan fingerprint density at radius 3 is 2.24 bits per heavy atom. The van der Waals surface area contributed by atoms with Crippen LogP contribution in [0.25, 0.3) is 0 Å². The van der Waals surface area contributed by atoms with E-state index in [0.29, 0.717) is 12.4 Å². The molecular formula is C18H20O6S. The summed E-state index contributed by atoms with van der Waals surface area (Å²) in [5.41, 5.74) is -1.70. The molecule has 0 spiro atoms. The van der Waals surface area contributed by atoms with Crippen LogP contribution in [0.1, 0.15) is 24.2 Å². The SMILES string of the molecule is CCOc1ccc(S(=O)(=O)OCC(C)(O)C(=O)c2ccccc2)cc1. The van der Waals surface area contributed by atoms with Crippen molar-refractivity contribution in [1.82, 2.24) is 0 Å².